The van der Waals surface area contributed by atoms with Crippen molar-refractivity contribution in [2.24, 2.45) is 0 Å². The van der Waals surface area contributed by atoms with Crippen LogP contribution < -0.4 is 10.6 Å². The molecule has 0 aliphatic rings. The maximum atomic E-state index is 11.3. The zero-order chi connectivity index (χ0) is 10.4. The molecule has 2 N–H and O–H groups in total. The van der Waals surface area contributed by atoms with Crippen LogP contribution >= 0.6 is 0 Å². The number of hydrogen-bond acceptors (Lipinski definition) is 4. The van der Waals surface area contributed by atoms with Gasteiger partial charge in [-0.15, -0.1) is 6.42 Å². The molecule has 1 rings (SSSR count). The second kappa shape index (κ2) is 5.04. The number of rotatable bonds is 4. The predicted molar refractivity (Wildman–Crippen MR) is 50.4 cm³/mol. The van der Waals surface area contributed by atoms with E-state index < -0.39 is 0 Å². The van der Waals surface area contributed by atoms with Crippen LogP contribution in [0.25, 0.3) is 0 Å². The van der Waals surface area contributed by atoms with Gasteiger partial charge in [0.05, 0.1) is 13.1 Å². The van der Waals surface area contributed by atoms with Crippen LogP contribution in [0.4, 0.5) is 0 Å². The van der Waals surface area contributed by atoms with Crippen molar-refractivity contribution in [3.63, 3.8) is 0 Å². The summed E-state index contributed by atoms with van der Waals surface area (Å²) in [6, 6.07) is 0. The molecule has 0 atom stereocenters. The first kappa shape index (κ1) is 10.3. The average molecular weight is 193 g/mol. The van der Waals surface area contributed by atoms with Gasteiger partial charge in [0, 0.05) is 0 Å². The molecule has 0 radical (unpaired) electrons. The maximum absolute atomic E-state index is 11.3. The zero-order valence-corrected chi connectivity index (χ0v) is 7.83. The number of aromatic nitrogens is 1. The Hall–Kier alpha value is -1.80. The highest BCUT2D eigenvalue weighted by Gasteiger charge is 2.10. The second-order valence-electron chi connectivity index (χ2n) is 2.54. The average Bonchev–Trinajstić information content (AvgIpc) is 2.63. The fourth-order valence-electron chi connectivity index (χ4n) is 0.869. The van der Waals surface area contributed by atoms with Gasteiger partial charge in [-0.25, -0.2) is 4.98 Å². The van der Waals surface area contributed by atoms with Crippen molar-refractivity contribution in [1.29, 1.82) is 0 Å². The van der Waals surface area contributed by atoms with E-state index in [4.69, 9.17) is 10.8 Å². The standard InChI is InChI=1S/C9H11N3O2/c1-3-4-11-9(13)7-6-14-8(12-7)5-10-2/h1,6,10H,4-5H2,2H3,(H,11,13). The fraction of sp³-hybridized carbons (Fsp3) is 0.333. The van der Waals surface area contributed by atoms with Crippen molar-refractivity contribution >= 4 is 5.91 Å². The van der Waals surface area contributed by atoms with Gasteiger partial charge >= 0.3 is 0 Å². The Kier molecular flexibility index (Phi) is 3.70. The highest BCUT2D eigenvalue weighted by atomic mass is 16.3. The first-order valence-corrected chi connectivity index (χ1v) is 4.08. The minimum absolute atomic E-state index is 0.188. The van der Waals surface area contributed by atoms with Crippen molar-refractivity contribution in [3.05, 3.63) is 17.8 Å². The van der Waals surface area contributed by atoms with Crippen molar-refractivity contribution < 1.29 is 9.21 Å². The van der Waals surface area contributed by atoms with Gasteiger partial charge in [0.2, 0.25) is 5.89 Å². The van der Waals surface area contributed by atoms with Gasteiger partial charge in [0.1, 0.15) is 6.26 Å². The van der Waals surface area contributed by atoms with Crippen LogP contribution in [0.3, 0.4) is 0 Å². The number of carbonyl (C=O) groups excluding carboxylic acids is 1. The van der Waals surface area contributed by atoms with Gasteiger partial charge in [-0.1, -0.05) is 5.92 Å². The summed E-state index contributed by atoms with van der Waals surface area (Å²) in [6.45, 7) is 0.676. The Bertz CT molecular complexity index is 351. The minimum atomic E-state index is -0.325. The van der Waals surface area contributed by atoms with E-state index in [2.05, 4.69) is 21.5 Å². The van der Waals surface area contributed by atoms with Crippen molar-refractivity contribution in [3.8, 4) is 12.3 Å². The molecule has 5 heteroatoms. The lowest BCUT2D eigenvalue weighted by molar-refractivity contribution is 0.0953. The summed E-state index contributed by atoms with van der Waals surface area (Å²) in [6.07, 6.45) is 6.29. The normalized spacial score (nSPS) is 9.43. The van der Waals surface area contributed by atoms with Crippen LogP contribution in [0.15, 0.2) is 10.7 Å². The molecule has 0 saturated heterocycles. The summed E-state index contributed by atoms with van der Waals surface area (Å²) in [4.78, 5) is 15.2. The molecule has 5 nitrogen and oxygen atoms in total. The number of amides is 1. The molecule has 1 aromatic rings. The van der Waals surface area contributed by atoms with Crippen LogP contribution in [0.1, 0.15) is 16.4 Å². The summed E-state index contributed by atoms with van der Waals surface area (Å²) < 4.78 is 5.02. The van der Waals surface area contributed by atoms with Crippen molar-refractivity contribution in [1.82, 2.24) is 15.6 Å². The lowest BCUT2D eigenvalue weighted by Gasteiger charge is -1.94. The number of oxazole rings is 1. The lowest BCUT2D eigenvalue weighted by Crippen LogP contribution is -2.23. The molecule has 1 heterocycles. The Morgan fingerprint density at radius 3 is 3.21 bits per heavy atom. The maximum Gasteiger partial charge on any atom is 0.273 e. The van der Waals surface area contributed by atoms with E-state index in [0.29, 0.717) is 12.4 Å². The molecular formula is C9H11N3O2. The van der Waals surface area contributed by atoms with E-state index in [0.717, 1.165) is 0 Å². The first-order valence-electron chi connectivity index (χ1n) is 4.08. The van der Waals surface area contributed by atoms with E-state index in [1.807, 2.05) is 0 Å². The lowest BCUT2D eigenvalue weighted by atomic mass is 10.4. The van der Waals surface area contributed by atoms with Crippen molar-refractivity contribution in [2.75, 3.05) is 13.6 Å². The SMILES string of the molecule is C#CCNC(=O)c1coc(CNC)n1. The number of carbonyl (C=O) groups is 1. The monoisotopic (exact) mass is 193 g/mol. The van der Waals surface area contributed by atoms with E-state index in [1.54, 1.807) is 7.05 Å². The van der Waals surface area contributed by atoms with Gasteiger partial charge in [0.15, 0.2) is 5.69 Å². The highest BCUT2D eigenvalue weighted by Crippen LogP contribution is 2.00. The molecule has 1 aromatic heterocycles. The molecule has 1 amide bonds. The molecule has 0 aliphatic heterocycles. The van der Waals surface area contributed by atoms with Crippen LogP contribution in [0.2, 0.25) is 0 Å². The zero-order valence-electron chi connectivity index (χ0n) is 7.83. The highest BCUT2D eigenvalue weighted by molar-refractivity contribution is 5.92. The summed E-state index contributed by atoms with van der Waals surface area (Å²) in [5, 5.41) is 5.35. The first-order chi connectivity index (χ1) is 6.77. The molecule has 74 valence electrons. The summed E-state index contributed by atoms with van der Waals surface area (Å²) in [7, 11) is 1.77. The molecule has 0 saturated carbocycles. The molecule has 0 spiro atoms. The van der Waals surface area contributed by atoms with E-state index in [1.165, 1.54) is 6.26 Å². The minimum Gasteiger partial charge on any atom is -0.447 e. The Labute approximate surface area is 81.9 Å². The quantitative estimate of drug-likeness (QED) is 0.647. The fourth-order valence-corrected chi connectivity index (χ4v) is 0.869. The Balaban J connectivity index is 2.58. The third-order valence-electron chi connectivity index (χ3n) is 1.46. The second-order valence-corrected chi connectivity index (χ2v) is 2.54. The van der Waals surface area contributed by atoms with Gasteiger partial charge < -0.3 is 15.1 Å². The molecule has 0 unspecified atom stereocenters. The largest absolute Gasteiger partial charge is 0.447 e. The van der Waals surface area contributed by atoms with E-state index >= 15 is 0 Å². The molecule has 0 aromatic carbocycles. The summed E-state index contributed by atoms with van der Waals surface area (Å²) in [5.74, 6) is 2.44. The van der Waals surface area contributed by atoms with Crippen LogP contribution in [0, 0.1) is 12.3 Å². The van der Waals surface area contributed by atoms with Gasteiger partial charge in [-0.05, 0) is 7.05 Å². The summed E-state index contributed by atoms with van der Waals surface area (Å²) in [5.41, 5.74) is 0.241. The number of terminal acetylenes is 1. The van der Waals surface area contributed by atoms with Gasteiger partial charge in [0.25, 0.3) is 5.91 Å². The third-order valence-corrected chi connectivity index (χ3v) is 1.46. The van der Waals surface area contributed by atoms with Crippen molar-refractivity contribution in [2.45, 2.75) is 6.54 Å². The summed E-state index contributed by atoms with van der Waals surface area (Å²) >= 11 is 0. The van der Waals surface area contributed by atoms with Crippen LogP contribution in [-0.4, -0.2) is 24.5 Å². The predicted octanol–water partition coefficient (Wildman–Crippen LogP) is -0.243. The molecule has 0 aliphatic carbocycles. The van der Waals surface area contributed by atoms with E-state index in [-0.39, 0.29) is 18.1 Å². The molecule has 0 fully saturated rings. The number of hydrogen-bond donors (Lipinski definition) is 2. The smallest absolute Gasteiger partial charge is 0.273 e. The van der Waals surface area contributed by atoms with Gasteiger partial charge in [-0.3, -0.25) is 4.79 Å². The van der Waals surface area contributed by atoms with Crippen LogP contribution in [-0.2, 0) is 6.54 Å². The topological polar surface area (TPSA) is 67.2 Å². The Morgan fingerprint density at radius 2 is 2.57 bits per heavy atom. The van der Waals surface area contributed by atoms with Gasteiger partial charge in [-0.2, -0.15) is 0 Å². The number of nitrogens with one attached hydrogen (secondary N) is 2. The molecule has 0 bridgehead atoms. The molecular weight excluding hydrogens is 182 g/mol. The third kappa shape index (κ3) is 2.61. The Morgan fingerprint density at radius 1 is 1.79 bits per heavy atom. The van der Waals surface area contributed by atoms with E-state index in [9.17, 15) is 4.79 Å². The molecule has 14 heavy (non-hydrogen) atoms. The number of nitrogens with zero attached hydrogens (tertiary/aromatic N) is 1. The van der Waals surface area contributed by atoms with Crippen LogP contribution in [0.5, 0.6) is 0 Å².